The van der Waals surface area contributed by atoms with Crippen molar-refractivity contribution in [3.63, 3.8) is 0 Å². The molecule has 0 aromatic heterocycles. The van der Waals surface area contributed by atoms with E-state index in [1.54, 1.807) is 0 Å². The molecule has 1 aromatic carbocycles. The van der Waals surface area contributed by atoms with Crippen LogP contribution in [0.5, 0.6) is 0 Å². The summed E-state index contributed by atoms with van der Waals surface area (Å²) in [5.41, 5.74) is 1.29. The zero-order valence-electron chi connectivity index (χ0n) is 9.73. The fourth-order valence-electron chi connectivity index (χ4n) is 2.74. The molecule has 2 aliphatic rings. The number of benzene rings is 1. The lowest BCUT2D eigenvalue weighted by molar-refractivity contribution is -0.127. The van der Waals surface area contributed by atoms with Gasteiger partial charge in [0.2, 0.25) is 5.91 Å². The predicted octanol–water partition coefficient (Wildman–Crippen LogP) is 0.131. The number of piperazine rings is 2. The smallest absolute Gasteiger partial charge is 0.234 e. The number of carbonyl (C=O) groups excluding carboxylic acids is 1. The number of hydrogen-bond acceptors (Lipinski definition) is 3. The van der Waals surface area contributed by atoms with Gasteiger partial charge in [-0.2, -0.15) is 0 Å². The van der Waals surface area contributed by atoms with Gasteiger partial charge in [-0.25, -0.2) is 0 Å². The summed E-state index contributed by atoms with van der Waals surface area (Å²) in [6.07, 6.45) is 0. The summed E-state index contributed by atoms with van der Waals surface area (Å²) in [5, 5.41) is 6.39. The molecule has 4 heteroatoms. The minimum atomic E-state index is 0.143. The molecule has 1 amide bonds. The van der Waals surface area contributed by atoms with Crippen LogP contribution in [0.1, 0.15) is 11.6 Å². The normalized spacial score (nSPS) is 29.5. The number of rotatable bonds is 1. The van der Waals surface area contributed by atoms with E-state index in [4.69, 9.17) is 0 Å². The number of nitrogens with one attached hydrogen (secondary N) is 2. The first-order valence-corrected chi connectivity index (χ1v) is 6.13. The fourth-order valence-corrected chi connectivity index (χ4v) is 2.74. The Morgan fingerprint density at radius 2 is 1.94 bits per heavy atom. The van der Waals surface area contributed by atoms with Crippen LogP contribution < -0.4 is 10.6 Å². The van der Waals surface area contributed by atoms with Crippen LogP contribution in [-0.4, -0.2) is 43.0 Å². The molecule has 2 unspecified atom stereocenters. The van der Waals surface area contributed by atoms with Gasteiger partial charge in [0.1, 0.15) is 0 Å². The van der Waals surface area contributed by atoms with Crippen molar-refractivity contribution in [3.8, 4) is 0 Å². The van der Waals surface area contributed by atoms with E-state index in [1.165, 1.54) is 5.56 Å². The van der Waals surface area contributed by atoms with Crippen molar-refractivity contribution in [3.05, 3.63) is 35.9 Å². The van der Waals surface area contributed by atoms with Gasteiger partial charge in [0.05, 0.1) is 6.54 Å². The Morgan fingerprint density at radius 1 is 1.12 bits per heavy atom. The van der Waals surface area contributed by atoms with Gasteiger partial charge in [0, 0.05) is 31.7 Å². The van der Waals surface area contributed by atoms with E-state index in [2.05, 4.69) is 39.8 Å². The first-order chi connectivity index (χ1) is 8.34. The molecule has 0 bridgehead atoms. The number of carbonyl (C=O) groups is 1. The van der Waals surface area contributed by atoms with Gasteiger partial charge in [-0.3, -0.25) is 9.69 Å². The molecule has 2 heterocycles. The van der Waals surface area contributed by atoms with Crippen LogP contribution in [0.15, 0.2) is 30.3 Å². The van der Waals surface area contributed by atoms with E-state index >= 15 is 0 Å². The molecule has 0 radical (unpaired) electrons. The van der Waals surface area contributed by atoms with Crippen LogP contribution in [0.25, 0.3) is 0 Å². The zero-order valence-corrected chi connectivity index (χ0v) is 9.73. The van der Waals surface area contributed by atoms with Crippen molar-refractivity contribution < 1.29 is 4.79 Å². The third kappa shape index (κ3) is 2.06. The Balaban J connectivity index is 1.86. The van der Waals surface area contributed by atoms with Gasteiger partial charge >= 0.3 is 0 Å². The minimum Gasteiger partial charge on any atom is -0.353 e. The molecule has 2 aliphatic heterocycles. The monoisotopic (exact) mass is 231 g/mol. The van der Waals surface area contributed by atoms with E-state index in [-0.39, 0.29) is 5.91 Å². The Labute approximate surface area is 101 Å². The molecular weight excluding hydrogens is 214 g/mol. The summed E-state index contributed by atoms with van der Waals surface area (Å²) in [6, 6.07) is 11.2. The summed E-state index contributed by atoms with van der Waals surface area (Å²) in [6.45, 7) is 3.17. The van der Waals surface area contributed by atoms with Crippen LogP contribution in [0, 0.1) is 0 Å². The number of hydrogen-bond donors (Lipinski definition) is 2. The third-order valence-electron chi connectivity index (χ3n) is 3.63. The highest BCUT2D eigenvalue weighted by Gasteiger charge is 2.35. The van der Waals surface area contributed by atoms with Gasteiger partial charge < -0.3 is 10.6 Å². The summed E-state index contributed by atoms with van der Waals surface area (Å²) in [7, 11) is 0. The molecule has 0 spiro atoms. The van der Waals surface area contributed by atoms with Crippen molar-refractivity contribution in [2.45, 2.75) is 12.1 Å². The van der Waals surface area contributed by atoms with E-state index < -0.39 is 0 Å². The number of amides is 1. The third-order valence-corrected chi connectivity index (χ3v) is 3.63. The highest BCUT2D eigenvalue weighted by Crippen LogP contribution is 2.25. The lowest BCUT2D eigenvalue weighted by Crippen LogP contribution is -2.62. The van der Waals surface area contributed by atoms with Gasteiger partial charge in [-0.15, -0.1) is 0 Å². The molecule has 1 aromatic rings. The van der Waals surface area contributed by atoms with Crippen molar-refractivity contribution in [1.29, 1.82) is 0 Å². The van der Waals surface area contributed by atoms with Gasteiger partial charge in [-0.1, -0.05) is 30.3 Å². The topological polar surface area (TPSA) is 44.4 Å². The van der Waals surface area contributed by atoms with E-state index in [1.807, 2.05) is 6.07 Å². The average molecular weight is 231 g/mol. The van der Waals surface area contributed by atoms with Gasteiger partial charge in [-0.05, 0) is 5.56 Å². The Bertz CT molecular complexity index is 406. The lowest BCUT2D eigenvalue weighted by Gasteiger charge is -2.45. The first kappa shape index (κ1) is 10.7. The number of fused-ring (bicyclic) bond motifs is 1. The molecule has 2 atom stereocenters. The second-order valence-corrected chi connectivity index (χ2v) is 4.71. The predicted molar refractivity (Wildman–Crippen MR) is 65.6 cm³/mol. The standard InChI is InChI=1S/C13H17N3O/c17-13-9-16-11(7-15-13)6-14-8-12(16)10-4-2-1-3-5-10/h1-5,11-12,14H,6-9H2,(H,15,17). The molecular formula is C13H17N3O. The molecule has 17 heavy (non-hydrogen) atoms. The Morgan fingerprint density at radius 3 is 2.76 bits per heavy atom. The summed E-state index contributed by atoms with van der Waals surface area (Å²) >= 11 is 0. The Kier molecular flexibility index (Phi) is 2.82. The largest absolute Gasteiger partial charge is 0.353 e. The quantitative estimate of drug-likeness (QED) is 0.722. The second kappa shape index (κ2) is 4.47. The maximum atomic E-state index is 11.5. The van der Waals surface area contributed by atoms with Crippen LogP contribution in [0.3, 0.4) is 0 Å². The van der Waals surface area contributed by atoms with Crippen LogP contribution in [0.2, 0.25) is 0 Å². The zero-order chi connectivity index (χ0) is 11.7. The molecule has 4 nitrogen and oxygen atoms in total. The Hall–Kier alpha value is -1.39. The van der Waals surface area contributed by atoms with Crippen molar-refractivity contribution in [2.75, 3.05) is 26.2 Å². The first-order valence-electron chi connectivity index (χ1n) is 6.13. The molecule has 0 aliphatic carbocycles. The summed E-state index contributed by atoms with van der Waals surface area (Å²) in [4.78, 5) is 13.8. The van der Waals surface area contributed by atoms with Crippen LogP contribution in [-0.2, 0) is 4.79 Å². The summed E-state index contributed by atoms with van der Waals surface area (Å²) < 4.78 is 0. The van der Waals surface area contributed by atoms with Crippen molar-refractivity contribution in [1.82, 2.24) is 15.5 Å². The number of nitrogens with zero attached hydrogens (tertiary/aromatic N) is 1. The van der Waals surface area contributed by atoms with E-state index in [0.717, 1.165) is 19.6 Å². The van der Waals surface area contributed by atoms with Crippen LogP contribution >= 0.6 is 0 Å². The highest BCUT2D eigenvalue weighted by atomic mass is 16.2. The highest BCUT2D eigenvalue weighted by molar-refractivity contribution is 5.79. The summed E-state index contributed by atoms with van der Waals surface area (Å²) in [5.74, 6) is 0.143. The lowest BCUT2D eigenvalue weighted by atomic mass is 9.98. The van der Waals surface area contributed by atoms with Crippen molar-refractivity contribution in [2.24, 2.45) is 0 Å². The SMILES string of the molecule is O=C1CN2C(CNCC2c2ccccc2)CN1. The van der Waals surface area contributed by atoms with E-state index in [0.29, 0.717) is 18.6 Å². The fraction of sp³-hybridized carbons (Fsp3) is 0.462. The average Bonchev–Trinajstić information content (AvgIpc) is 2.39. The van der Waals surface area contributed by atoms with Gasteiger partial charge in [0.15, 0.2) is 0 Å². The molecule has 2 saturated heterocycles. The molecule has 90 valence electrons. The molecule has 0 saturated carbocycles. The molecule has 2 fully saturated rings. The maximum absolute atomic E-state index is 11.5. The van der Waals surface area contributed by atoms with Crippen molar-refractivity contribution >= 4 is 5.91 Å². The molecule has 2 N–H and O–H groups in total. The maximum Gasteiger partial charge on any atom is 0.234 e. The molecule has 3 rings (SSSR count). The van der Waals surface area contributed by atoms with Gasteiger partial charge in [0.25, 0.3) is 0 Å². The van der Waals surface area contributed by atoms with E-state index in [9.17, 15) is 4.79 Å². The van der Waals surface area contributed by atoms with Crippen LogP contribution in [0.4, 0.5) is 0 Å². The minimum absolute atomic E-state index is 0.143. The second-order valence-electron chi connectivity index (χ2n) is 4.71.